The van der Waals surface area contributed by atoms with Crippen LogP contribution in [0.25, 0.3) is 0 Å². The second kappa shape index (κ2) is 9.64. The van der Waals surface area contributed by atoms with Gasteiger partial charge in [0, 0.05) is 23.9 Å². The van der Waals surface area contributed by atoms with Gasteiger partial charge in [0.2, 0.25) is 0 Å². The van der Waals surface area contributed by atoms with Crippen LogP contribution >= 0.6 is 0 Å². The van der Waals surface area contributed by atoms with Crippen molar-refractivity contribution in [2.45, 2.75) is 33.7 Å². The molecule has 1 aromatic carbocycles. The maximum Gasteiger partial charge on any atom is 0.125 e. The SMILES string of the molecule is CCN(CC)CCCN(CC)Cc1ccc(N)cc1OC. The van der Waals surface area contributed by atoms with Gasteiger partial charge in [-0.1, -0.05) is 26.8 Å². The van der Waals surface area contributed by atoms with Crippen molar-refractivity contribution in [1.82, 2.24) is 9.80 Å². The number of nitrogen functional groups attached to an aromatic ring is 1. The second-order valence-electron chi connectivity index (χ2n) is 5.32. The Morgan fingerprint density at radius 2 is 1.62 bits per heavy atom. The number of methoxy groups -OCH3 is 1. The van der Waals surface area contributed by atoms with E-state index in [9.17, 15) is 0 Å². The van der Waals surface area contributed by atoms with Crippen molar-refractivity contribution in [2.24, 2.45) is 0 Å². The van der Waals surface area contributed by atoms with Gasteiger partial charge in [-0.2, -0.15) is 0 Å². The van der Waals surface area contributed by atoms with Crippen molar-refractivity contribution in [2.75, 3.05) is 45.6 Å². The van der Waals surface area contributed by atoms with Crippen molar-refractivity contribution >= 4 is 5.69 Å². The van der Waals surface area contributed by atoms with Crippen LogP contribution in [0.15, 0.2) is 18.2 Å². The van der Waals surface area contributed by atoms with Gasteiger partial charge in [-0.25, -0.2) is 0 Å². The van der Waals surface area contributed by atoms with E-state index in [1.54, 1.807) is 7.11 Å². The first kappa shape index (κ1) is 17.8. The third kappa shape index (κ3) is 5.94. The van der Waals surface area contributed by atoms with Gasteiger partial charge in [-0.15, -0.1) is 0 Å². The number of benzene rings is 1. The third-order valence-corrected chi connectivity index (χ3v) is 4.00. The fraction of sp³-hybridized carbons (Fsp3) is 0.647. The molecule has 1 aromatic rings. The van der Waals surface area contributed by atoms with Crippen LogP contribution in [0.2, 0.25) is 0 Å². The molecule has 4 nitrogen and oxygen atoms in total. The lowest BCUT2D eigenvalue weighted by molar-refractivity contribution is 0.236. The molecule has 0 aliphatic carbocycles. The van der Waals surface area contributed by atoms with E-state index in [-0.39, 0.29) is 0 Å². The van der Waals surface area contributed by atoms with Crippen LogP contribution in [-0.4, -0.2) is 49.6 Å². The average molecular weight is 293 g/mol. The maximum atomic E-state index is 5.81. The van der Waals surface area contributed by atoms with Gasteiger partial charge in [0.25, 0.3) is 0 Å². The fourth-order valence-corrected chi connectivity index (χ4v) is 2.54. The molecule has 2 N–H and O–H groups in total. The molecule has 0 aliphatic rings. The summed E-state index contributed by atoms with van der Waals surface area (Å²) in [6.45, 7) is 13.2. The summed E-state index contributed by atoms with van der Waals surface area (Å²) in [4.78, 5) is 4.93. The number of hydrogen-bond acceptors (Lipinski definition) is 4. The average Bonchev–Trinajstić information content (AvgIpc) is 2.51. The first-order valence-electron chi connectivity index (χ1n) is 8.01. The molecule has 4 heteroatoms. The van der Waals surface area contributed by atoms with Crippen LogP contribution in [0.4, 0.5) is 5.69 Å². The van der Waals surface area contributed by atoms with Crippen molar-refractivity contribution in [3.63, 3.8) is 0 Å². The molecule has 0 saturated heterocycles. The Labute approximate surface area is 129 Å². The predicted octanol–water partition coefficient (Wildman–Crippen LogP) is 2.83. The van der Waals surface area contributed by atoms with Crippen LogP contribution in [0.5, 0.6) is 5.75 Å². The minimum Gasteiger partial charge on any atom is -0.496 e. The number of anilines is 1. The standard InChI is InChI=1S/C17H31N3O/c1-5-19(6-2)11-8-12-20(7-3)14-15-9-10-16(18)13-17(15)21-4/h9-10,13H,5-8,11-12,14,18H2,1-4H3. The van der Waals surface area contributed by atoms with E-state index >= 15 is 0 Å². The molecule has 0 saturated carbocycles. The summed E-state index contributed by atoms with van der Waals surface area (Å²) in [6, 6.07) is 5.92. The van der Waals surface area contributed by atoms with Crippen molar-refractivity contribution in [3.8, 4) is 5.75 Å². The van der Waals surface area contributed by atoms with E-state index in [4.69, 9.17) is 10.5 Å². The van der Waals surface area contributed by atoms with Crippen LogP contribution in [0, 0.1) is 0 Å². The summed E-state index contributed by atoms with van der Waals surface area (Å²) < 4.78 is 5.43. The number of rotatable bonds is 10. The molecule has 21 heavy (non-hydrogen) atoms. The maximum absolute atomic E-state index is 5.81. The van der Waals surface area contributed by atoms with Gasteiger partial charge < -0.3 is 15.4 Å². The smallest absolute Gasteiger partial charge is 0.125 e. The molecule has 0 amide bonds. The molecular weight excluding hydrogens is 262 g/mol. The topological polar surface area (TPSA) is 41.7 Å². The molecule has 0 aromatic heterocycles. The molecule has 0 spiro atoms. The highest BCUT2D eigenvalue weighted by Crippen LogP contribution is 2.23. The lowest BCUT2D eigenvalue weighted by Gasteiger charge is -2.24. The first-order valence-corrected chi connectivity index (χ1v) is 8.01. The van der Waals surface area contributed by atoms with Gasteiger partial charge in [-0.05, 0) is 45.2 Å². The number of ether oxygens (including phenoxy) is 1. The predicted molar refractivity (Wildman–Crippen MR) is 90.8 cm³/mol. The van der Waals surface area contributed by atoms with Gasteiger partial charge >= 0.3 is 0 Å². The zero-order valence-corrected chi connectivity index (χ0v) is 14.1. The number of hydrogen-bond donors (Lipinski definition) is 1. The van der Waals surface area contributed by atoms with Gasteiger partial charge in [0.1, 0.15) is 5.75 Å². The molecule has 120 valence electrons. The van der Waals surface area contributed by atoms with Gasteiger partial charge in [-0.3, -0.25) is 4.90 Å². The van der Waals surface area contributed by atoms with E-state index in [1.807, 2.05) is 12.1 Å². The van der Waals surface area contributed by atoms with Crippen LogP contribution in [0.1, 0.15) is 32.8 Å². The molecule has 1 rings (SSSR count). The summed E-state index contributed by atoms with van der Waals surface area (Å²) in [5.41, 5.74) is 7.77. The summed E-state index contributed by atoms with van der Waals surface area (Å²) in [6.07, 6.45) is 1.20. The first-order chi connectivity index (χ1) is 10.1. The number of nitrogens with zero attached hydrogens (tertiary/aromatic N) is 2. The number of nitrogens with two attached hydrogens (primary N) is 1. The normalized spacial score (nSPS) is 11.3. The summed E-state index contributed by atoms with van der Waals surface area (Å²) in [7, 11) is 1.70. The second-order valence-corrected chi connectivity index (χ2v) is 5.32. The highest BCUT2D eigenvalue weighted by Gasteiger charge is 2.09. The quantitative estimate of drug-likeness (QED) is 0.674. The molecule has 0 radical (unpaired) electrons. The molecule has 0 aliphatic heterocycles. The van der Waals surface area contributed by atoms with Gasteiger partial charge in [0.05, 0.1) is 7.11 Å². The molecule has 0 bridgehead atoms. The third-order valence-electron chi connectivity index (χ3n) is 4.00. The zero-order valence-electron chi connectivity index (χ0n) is 14.1. The van der Waals surface area contributed by atoms with E-state index in [0.29, 0.717) is 0 Å². The van der Waals surface area contributed by atoms with Crippen LogP contribution < -0.4 is 10.5 Å². The molecule has 0 heterocycles. The van der Waals surface area contributed by atoms with Gasteiger partial charge in [0.15, 0.2) is 0 Å². The Morgan fingerprint density at radius 1 is 1.00 bits per heavy atom. The van der Waals surface area contributed by atoms with Crippen LogP contribution in [-0.2, 0) is 6.54 Å². The van der Waals surface area contributed by atoms with E-state index < -0.39 is 0 Å². The van der Waals surface area contributed by atoms with Crippen LogP contribution in [0.3, 0.4) is 0 Å². The summed E-state index contributed by atoms with van der Waals surface area (Å²) >= 11 is 0. The van der Waals surface area contributed by atoms with Crippen molar-refractivity contribution < 1.29 is 4.74 Å². The Morgan fingerprint density at radius 3 is 2.19 bits per heavy atom. The minimum absolute atomic E-state index is 0.750. The lowest BCUT2D eigenvalue weighted by atomic mass is 10.1. The largest absolute Gasteiger partial charge is 0.496 e. The van der Waals surface area contributed by atoms with E-state index in [1.165, 1.54) is 18.5 Å². The van der Waals surface area contributed by atoms with E-state index in [0.717, 1.165) is 44.2 Å². The summed E-state index contributed by atoms with van der Waals surface area (Å²) in [5, 5.41) is 0. The lowest BCUT2D eigenvalue weighted by Crippen LogP contribution is -2.29. The fourth-order valence-electron chi connectivity index (χ4n) is 2.54. The molecular formula is C17H31N3O. The Bertz CT molecular complexity index is 405. The molecule has 0 atom stereocenters. The highest BCUT2D eigenvalue weighted by molar-refractivity contribution is 5.48. The minimum atomic E-state index is 0.750. The molecule has 0 unspecified atom stereocenters. The Hall–Kier alpha value is -1.26. The summed E-state index contributed by atoms with van der Waals surface area (Å²) in [5.74, 6) is 0.886. The van der Waals surface area contributed by atoms with Crippen molar-refractivity contribution in [1.29, 1.82) is 0 Å². The molecule has 0 fully saturated rings. The monoisotopic (exact) mass is 293 g/mol. The Kier molecular flexibility index (Phi) is 8.16. The van der Waals surface area contributed by atoms with E-state index in [2.05, 4.69) is 36.6 Å². The van der Waals surface area contributed by atoms with Crippen molar-refractivity contribution in [3.05, 3.63) is 23.8 Å². The zero-order chi connectivity index (χ0) is 15.7. The highest BCUT2D eigenvalue weighted by atomic mass is 16.5. The Balaban J connectivity index is 2.54.